The first-order chi connectivity index (χ1) is 16.4. The number of hydrogen-bond acceptors (Lipinski definition) is 5. The van der Waals surface area contributed by atoms with E-state index in [1.165, 1.54) is 11.1 Å². The molecule has 1 amide bonds. The van der Waals surface area contributed by atoms with Crippen molar-refractivity contribution in [3.63, 3.8) is 0 Å². The molecular weight excluding hydrogens is 445 g/mol. The molecular formula is C25H23F3N4O2. The molecule has 0 radical (unpaired) electrons. The highest BCUT2D eigenvalue weighted by atomic mass is 19.1. The molecule has 2 aliphatic rings. The molecule has 2 N–H and O–H groups in total. The summed E-state index contributed by atoms with van der Waals surface area (Å²) in [5, 5.41) is 0. The van der Waals surface area contributed by atoms with Gasteiger partial charge in [-0.1, -0.05) is 12.5 Å². The Morgan fingerprint density at radius 1 is 1.03 bits per heavy atom. The Morgan fingerprint density at radius 3 is 2.56 bits per heavy atom. The van der Waals surface area contributed by atoms with E-state index < -0.39 is 40.8 Å². The number of carbonyl (C=O) groups is 1. The van der Waals surface area contributed by atoms with Gasteiger partial charge in [-0.15, -0.1) is 0 Å². The summed E-state index contributed by atoms with van der Waals surface area (Å²) in [6, 6.07) is 7.39. The van der Waals surface area contributed by atoms with E-state index in [9.17, 15) is 18.0 Å². The first-order valence-electron chi connectivity index (χ1n) is 11.2. The molecule has 2 aromatic heterocycles. The molecule has 6 nitrogen and oxygen atoms in total. The third-order valence-electron chi connectivity index (χ3n) is 6.54. The predicted molar refractivity (Wildman–Crippen MR) is 120 cm³/mol. The fourth-order valence-electron chi connectivity index (χ4n) is 4.93. The summed E-state index contributed by atoms with van der Waals surface area (Å²) < 4.78 is 49.8. The number of rotatable bonds is 4. The Morgan fingerprint density at radius 2 is 1.82 bits per heavy atom. The molecule has 9 heteroatoms. The fourth-order valence-corrected chi connectivity index (χ4v) is 4.93. The van der Waals surface area contributed by atoms with Gasteiger partial charge in [-0.3, -0.25) is 14.7 Å². The molecule has 1 aliphatic heterocycles. The zero-order valence-electron chi connectivity index (χ0n) is 18.3. The van der Waals surface area contributed by atoms with Crippen molar-refractivity contribution in [2.45, 2.75) is 44.4 Å². The number of amides is 1. The molecule has 3 atom stereocenters. The number of halogens is 3. The van der Waals surface area contributed by atoms with Crippen molar-refractivity contribution in [2.24, 2.45) is 5.92 Å². The zero-order valence-corrected chi connectivity index (χ0v) is 18.3. The molecule has 34 heavy (non-hydrogen) atoms. The predicted octanol–water partition coefficient (Wildman–Crippen LogP) is 5.10. The number of fused-ring (bicyclic) bond motifs is 1. The molecule has 1 aromatic carbocycles. The molecule has 3 aromatic rings. The number of carbonyl (C=O) groups excluding carboxylic acids is 1. The minimum atomic E-state index is -1.03. The van der Waals surface area contributed by atoms with Crippen LogP contribution in [-0.4, -0.2) is 28.2 Å². The summed E-state index contributed by atoms with van der Waals surface area (Å²) in [4.78, 5) is 23.3. The number of hydrogen-bond donors (Lipinski definition) is 1. The van der Waals surface area contributed by atoms with Crippen molar-refractivity contribution in [2.75, 3.05) is 10.6 Å². The summed E-state index contributed by atoms with van der Waals surface area (Å²) in [6.07, 6.45) is 7.13. The van der Waals surface area contributed by atoms with Crippen LogP contribution in [0.15, 0.2) is 48.8 Å². The third-order valence-corrected chi connectivity index (χ3v) is 6.54. The number of ether oxygens (including phenoxy) is 1. The van der Waals surface area contributed by atoms with Crippen molar-refractivity contribution < 1.29 is 22.7 Å². The van der Waals surface area contributed by atoms with Crippen LogP contribution in [0.5, 0.6) is 0 Å². The van der Waals surface area contributed by atoms with Crippen LogP contribution in [0.2, 0.25) is 0 Å². The van der Waals surface area contributed by atoms with Crippen molar-refractivity contribution in [1.82, 2.24) is 9.97 Å². The van der Waals surface area contributed by atoms with Crippen LogP contribution in [0, 0.1) is 23.4 Å². The molecule has 1 saturated heterocycles. The number of pyridine rings is 2. The van der Waals surface area contributed by atoms with Gasteiger partial charge in [0.05, 0.1) is 29.2 Å². The molecule has 5 rings (SSSR count). The number of aromatic nitrogens is 2. The van der Waals surface area contributed by atoms with E-state index >= 15 is 0 Å². The molecule has 3 unspecified atom stereocenters. The Kier molecular flexibility index (Phi) is 5.95. The van der Waals surface area contributed by atoms with Gasteiger partial charge >= 0.3 is 0 Å². The van der Waals surface area contributed by atoms with E-state index in [2.05, 4.69) is 9.97 Å². The van der Waals surface area contributed by atoms with Crippen LogP contribution in [0.25, 0.3) is 11.3 Å². The van der Waals surface area contributed by atoms with Crippen molar-refractivity contribution in [1.29, 1.82) is 0 Å². The molecule has 3 heterocycles. The number of nitrogen functional groups attached to an aromatic ring is 1. The Hall–Kier alpha value is -3.46. The normalized spacial score (nSPS) is 21.8. The van der Waals surface area contributed by atoms with Crippen LogP contribution in [0.1, 0.15) is 42.6 Å². The number of benzene rings is 1. The average Bonchev–Trinajstić information content (AvgIpc) is 3.29. The van der Waals surface area contributed by atoms with E-state index in [0.29, 0.717) is 18.0 Å². The monoisotopic (exact) mass is 468 g/mol. The maximum atomic E-state index is 14.7. The number of nitrogens with zero attached hydrogens (tertiary/aromatic N) is 3. The fraction of sp³-hybridized carbons (Fsp3) is 0.320. The highest BCUT2D eigenvalue weighted by Gasteiger charge is 2.40. The lowest BCUT2D eigenvalue weighted by Gasteiger charge is -2.39. The SMILES string of the molecule is Nc1cc(F)c(-c2c(F)cccc2F)nc1C(=O)N(c1cccnc1)C1CCC2CCCC2O1. The molecule has 1 aliphatic carbocycles. The van der Waals surface area contributed by atoms with Crippen LogP contribution < -0.4 is 10.6 Å². The van der Waals surface area contributed by atoms with Gasteiger partial charge in [0.1, 0.15) is 23.6 Å². The summed E-state index contributed by atoms with van der Waals surface area (Å²) in [5.41, 5.74) is 4.59. The van der Waals surface area contributed by atoms with Gasteiger partial charge in [0, 0.05) is 12.3 Å². The van der Waals surface area contributed by atoms with Gasteiger partial charge in [0.25, 0.3) is 5.91 Å². The summed E-state index contributed by atoms with van der Waals surface area (Å²) in [6.45, 7) is 0. The quantitative estimate of drug-likeness (QED) is 0.577. The largest absolute Gasteiger partial charge is 0.397 e. The molecule has 1 saturated carbocycles. The van der Waals surface area contributed by atoms with Crippen LogP contribution in [0.3, 0.4) is 0 Å². The maximum absolute atomic E-state index is 14.7. The summed E-state index contributed by atoms with van der Waals surface area (Å²) in [5.74, 6) is -3.23. The second kappa shape index (κ2) is 9.06. The first kappa shape index (κ1) is 22.3. The Labute approximate surface area is 194 Å². The van der Waals surface area contributed by atoms with E-state index in [1.807, 2.05) is 0 Å². The van der Waals surface area contributed by atoms with E-state index in [0.717, 1.165) is 49.9 Å². The highest BCUT2D eigenvalue weighted by Crippen LogP contribution is 2.39. The molecule has 0 bridgehead atoms. The van der Waals surface area contributed by atoms with Gasteiger partial charge < -0.3 is 10.5 Å². The smallest absolute Gasteiger partial charge is 0.281 e. The third kappa shape index (κ3) is 4.00. The molecule has 0 spiro atoms. The first-order valence-corrected chi connectivity index (χ1v) is 11.2. The van der Waals surface area contributed by atoms with E-state index in [4.69, 9.17) is 10.5 Å². The van der Waals surface area contributed by atoms with Crippen LogP contribution in [-0.2, 0) is 4.74 Å². The Bertz CT molecular complexity index is 1200. The second-order valence-electron chi connectivity index (χ2n) is 8.64. The van der Waals surface area contributed by atoms with E-state index in [1.54, 1.807) is 18.3 Å². The average molecular weight is 468 g/mol. The second-order valence-corrected chi connectivity index (χ2v) is 8.64. The standard InChI is InChI=1S/C25H23F3N4O2/c26-16-6-2-7-17(27)22(16)23-18(28)12-19(29)24(31-23)25(33)32(15-5-3-11-30-13-15)21-10-9-14-4-1-8-20(14)34-21/h2-3,5-7,11-14,20-21H,1,4,8-10,29H2. The van der Waals surface area contributed by atoms with Gasteiger partial charge in [0.2, 0.25) is 0 Å². The van der Waals surface area contributed by atoms with Gasteiger partial charge in [-0.25, -0.2) is 18.2 Å². The lowest BCUT2D eigenvalue weighted by Crippen LogP contribution is -2.47. The van der Waals surface area contributed by atoms with Gasteiger partial charge in [-0.2, -0.15) is 0 Å². The number of nitrogens with two attached hydrogens (primary N) is 1. The van der Waals surface area contributed by atoms with E-state index in [-0.39, 0.29) is 17.5 Å². The zero-order chi connectivity index (χ0) is 23.8. The molecule has 2 fully saturated rings. The van der Waals surface area contributed by atoms with Crippen molar-refractivity contribution in [3.8, 4) is 11.3 Å². The maximum Gasteiger partial charge on any atom is 0.281 e. The van der Waals surface area contributed by atoms with Gasteiger partial charge in [-0.05, 0) is 55.9 Å². The molecule has 176 valence electrons. The van der Waals surface area contributed by atoms with Crippen LogP contribution >= 0.6 is 0 Å². The Balaban J connectivity index is 1.58. The summed E-state index contributed by atoms with van der Waals surface area (Å²) >= 11 is 0. The van der Waals surface area contributed by atoms with Crippen LogP contribution in [0.4, 0.5) is 24.5 Å². The minimum absolute atomic E-state index is 0.0484. The van der Waals surface area contributed by atoms with Gasteiger partial charge in [0.15, 0.2) is 11.5 Å². The summed E-state index contributed by atoms with van der Waals surface area (Å²) in [7, 11) is 0. The topological polar surface area (TPSA) is 81.3 Å². The number of anilines is 2. The lowest BCUT2D eigenvalue weighted by molar-refractivity contribution is -0.0675. The lowest BCUT2D eigenvalue weighted by atomic mass is 9.95. The van der Waals surface area contributed by atoms with Crippen molar-refractivity contribution >= 4 is 17.3 Å². The minimum Gasteiger partial charge on any atom is -0.397 e. The highest BCUT2D eigenvalue weighted by molar-refractivity contribution is 6.08. The van der Waals surface area contributed by atoms with Crippen molar-refractivity contribution in [3.05, 3.63) is 71.9 Å².